The number of carbonyl (C=O) groups is 2. The van der Waals surface area contributed by atoms with Crippen LogP contribution in [0.4, 0.5) is 17.6 Å². The molecule has 629 valence electrons. The molecule has 0 bridgehead atoms. The fraction of sp³-hybridized carbons (Fsp3) is 0.381. The molecule has 0 amide bonds. The van der Waals surface area contributed by atoms with Gasteiger partial charge in [0.15, 0.2) is 6.06 Å². The number of hydrogen-bond acceptors (Lipinski definition) is 18. The van der Waals surface area contributed by atoms with Crippen LogP contribution in [-0.4, -0.2) is 124 Å². The first-order valence-electron chi connectivity index (χ1n) is 37.1. The third-order valence-electron chi connectivity index (χ3n) is 20.6. The molecule has 0 unspecified atom stereocenters. The normalized spacial score (nSPS) is 17.2. The van der Waals surface area contributed by atoms with Crippen LogP contribution in [-0.2, 0) is 70.2 Å². The summed E-state index contributed by atoms with van der Waals surface area (Å²) in [7, 11) is -3.36. The average Bonchev–Trinajstić information content (AvgIpc) is 1.64. The van der Waals surface area contributed by atoms with Crippen molar-refractivity contribution in [1.82, 2.24) is 4.98 Å². The second-order valence-electron chi connectivity index (χ2n) is 31.1. The first kappa shape index (κ1) is 110. The van der Waals surface area contributed by atoms with E-state index in [1.54, 1.807) is 30.3 Å². The predicted octanol–water partition coefficient (Wildman–Crippen LogP) is 10.2. The number of carboxylic acids is 1. The summed E-state index contributed by atoms with van der Waals surface area (Å²) in [6, 6.07) is 58.1. The summed E-state index contributed by atoms with van der Waals surface area (Å²) in [4.78, 5) is 26.2. The zero-order chi connectivity index (χ0) is 86.7. The smallest absolute Gasteiger partial charge is 1.00 e. The molecule has 120 heavy (non-hydrogen) atoms. The number of aliphatic hydroxyl groups excluding tert-OH is 1. The van der Waals surface area contributed by atoms with Gasteiger partial charge < -0.3 is 68.5 Å². The monoisotopic (exact) mass is 2060 g/mol. The van der Waals surface area contributed by atoms with E-state index in [4.69, 9.17) is 72.2 Å². The molecule has 8 aromatic carbocycles. The van der Waals surface area contributed by atoms with E-state index in [-0.39, 0.29) is 156 Å². The van der Waals surface area contributed by atoms with E-state index in [1.807, 2.05) is 141 Å². The average molecular weight is 2060 g/mol. The van der Waals surface area contributed by atoms with Gasteiger partial charge in [-0.05, 0) is 276 Å². The SMILES string of the molecule is BrC(Br)(Br)Br.C1CCOC1.CC1(C)OB(c2ccc(C(=O)O)cc2F)OC1(C)C.CC1(C)OB(c2ccc(CBr)cc2F)OC1(C)C.CC1(C)OB(c2ccc(CO)cc2F)OC1(C)C.CC1(C)OB(c2ccc(COc3ccc4nc(C#N)sc4c3)cc2F)OC1(C)C.O=CO[O-].[B].[H-].[K+].[K+].c1ccc(P(c2ccccc2)c2ccccc2)cc1. The Morgan fingerprint density at radius 3 is 1.15 bits per heavy atom. The quantitative estimate of drug-likeness (QED) is 0.0196. The number of fused-ring (bicyclic) bond motifs is 1. The van der Waals surface area contributed by atoms with Crippen molar-refractivity contribution < 1.29 is 198 Å². The third-order valence-corrected chi connectivity index (χ3v) is 24.6. The Bertz CT molecular complexity index is 4560. The predicted molar refractivity (Wildman–Crippen MR) is 480 cm³/mol. The molecular weight excluding hydrogens is 1960 g/mol. The molecule has 0 spiro atoms. The number of aromatic nitrogens is 1. The second kappa shape index (κ2) is 48.8. The summed E-state index contributed by atoms with van der Waals surface area (Å²) in [5, 5.41) is 40.4. The van der Waals surface area contributed by atoms with Gasteiger partial charge in [-0.2, -0.15) is 5.26 Å². The van der Waals surface area contributed by atoms with E-state index in [2.05, 4.69) is 181 Å². The molecule has 36 heteroatoms. The van der Waals surface area contributed by atoms with E-state index in [0.717, 1.165) is 35.1 Å². The molecule has 18 nitrogen and oxygen atoms in total. The number of carbonyl (C=O) groups excluding carboxylic acids is 1. The topological polar surface area (TPSA) is 236 Å². The van der Waals surface area contributed by atoms with Gasteiger partial charge in [0.2, 0.25) is 0 Å². The molecule has 9 aromatic rings. The number of benzene rings is 8. The summed E-state index contributed by atoms with van der Waals surface area (Å²) < 4.78 is 114. The van der Waals surface area contributed by atoms with Crippen LogP contribution < -0.4 is 151 Å². The number of hydrogen-bond donors (Lipinski definition) is 2. The van der Waals surface area contributed by atoms with Crippen LogP contribution in [0.15, 0.2) is 182 Å². The third kappa shape index (κ3) is 31.5. The van der Waals surface area contributed by atoms with Crippen LogP contribution >= 0.6 is 98.9 Å². The number of alkyl halides is 5. The first-order chi connectivity index (χ1) is 54.7. The summed E-state index contributed by atoms with van der Waals surface area (Å²) >= 11 is 17.1. The van der Waals surface area contributed by atoms with E-state index in [9.17, 15) is 22.4 Å². The van der Waals surface area contributed by atoms with E-state index >= 15 is 0 Å². The van der Waals surface area contributed by atoms with Gasteiger partial charge in [-0.1, -0.05) is 149 Å². The molecule has 3 radical (unpaired) electrons. The van der Waals surface area contributed by atoms with Crippen LogP contribution in [0.3, 0.4) is 0 Å². The molecule has 5 fully saturated rings. The number of carboxylic acid groups (broad SMARTS) is 1. The molecule has 0 atom stereocenters. The minimum atomic E-state index is -1.17. The zero-order valence-electron chi connectivity index (χ0n) is 71.5. The Morgan fingerprint density at radius 1 is 0.542 bits per heavy atom. The Kier molecular flexibility index (Phi) is 44.7. The summed E-state index contributed by atoms with van der Waals surface area (Å²) in [5.74, 6) is -2.26. The van der Waals surface area contributed by atoms with Crippen LogP contribution in [0.5, 0.6) is 5.75 Å². The van der Waals surface area contributed by atoms with Crippen molar-refractivity contribution in [3.05, 3.63) is 233 Å². The summed E-state index contributed by atoms with van der Waals surface area (Å²) in [6.07, 6.45) is 2.56. The maximum atomic E-state index is 14.7. The number of ether oxygens (including phenoxy) is 2. The van der Waals surface area contributed by atoms with Crippen LogP contribution in [0.25, 0.3) is 10.2 Å². The number of rotatable bonds is 14. The molecular formula is C84H96B5Br5F4K2N2O16PS. The molecule has 14 rings (SSSR count). The molecule has 6 heterocycles. The van der Waals surface area contributed by atoms with Gasteiger partial charge in [0.1, 0.15) is 41.7 Å². The Balaban J connectivity index is 0.000000376. The largest absolute Gasteiger partial charge is 1.00 e. The number of thiazole rings is 1. The second-order valence-corrected chi connectivity index (χ2v) is 46.0. The number of aromatic carboxylic acids is 1. The van der Waals surface area contributed by atoms with Crippen molar-refractivity contribution in [3.63, 3.8) is 0 Å². The van der Waals surface area contributed by atoms with E-state index in [1.165, 1.54) is 70.4 Å². The molecule has 2 N–H and O–H groups in total. The van der Waals surface area contributed by atoms with Crippen LogP contribution in [0.2, 0.25) is 0 Å². The molecule has 1 aromatic heterocycles. The van der Waals surface area contributed by atoms with Crippen LogP contribution in [0.1, 0.15) is 157 Å². The van der Waals surface area contributed by atoms with Gasteiger partial charge in [0.05, 0.1) is 67.2 Å². The molecule has 5 aliphatic heterocycles. The maximum absolute atomic E-state index is 14.7. The van der Waals surface area contributed by atoms with Crippen molar-refractivity contribution in [1.29, 1.82) is 5.26 Å². The number of nitrogens with zero attached hydrogens (tertiary/aromatic N) is 2. The molecule has 0 saturated carbocycles. The molecule has 0 aliphatic carbocycles. The standard InChI is InChI=1S/C21H20BFN2O3S.C18H15P.C13H17BBrFO2.C13H16BFO4.C13H18BFO3.C4H8O.CBr4.CH2O3.B.2K.H/c1-20(2)21(3,4)28-22(27-20)15-7-5-13(9-16(15)23)12-26-14-6-8-17-18(10-14)29-19(11-24)25-17;1-4-10-16(11-5-1)19(17-12-6-2-7-13-17)18-14-8-3-9-15-18;1-12(2)13(3,4)18-14(17-12)10-6-5-9(8-15)7-11(10)16;1-12(2)13(3,4)19-14(18-12)9-6-5-8(11(16)17)7-10(9)15;1-12(2)13(3,4)18-14(17-12)10-6-5-9(8-16)7-11(10)15;1-2-4-5-3-1;2-1(3,4)5;2-1-4-3;;;;/h5-10H,12H2,1-4H3;1-15H;5-7H,8H2,1-4H3;5-7H,1-4H3,(H,16,17);5-7,16H,8H2,1-4H3;1-4H2;;1,3H;;;;/q;;;;;;;;;2*+1;-1/p-1. The first-order valence-corrected chi connectivity index (χ1v) is 43.6. The Morgan fingerprint density at radius 2 is 0.858 bits per heavy atom. The fourth-order valence-corrected chi connectivity index (χ4v) is 14.6. The van der Waals surface area contributed by atoms with Crippen molar-refractivity contribution in [3.8, 4) is 11.8 Å². The summed E-state index contributed by atoms with van der Waals surface area (Å²) in [6.45, 7) is 32.6. The van der Waals surface area contributed by atoms with Gasteiger partial charge in [-0.3, -0.25) is 4.79 Å². The van der Waals surface area contributed by atoms with Gasteiger partial charge >= 0.3 is 137 Å². The minimum absolute atomic E-state index is 0. The van der Waals surface area contributed by atoms with Gasteiger partial charge in [-0.25, -0.2) is 27.3 Å². The summed E-state index contributed by atoms with van der Waals surface area (Å²) in [5.41, 5.74) is 0.176. The van der Waals surface area contributed by atoms with E-state index < -0.39 is 98.8 Å². The molecule has 5 aliphatic rings. The maximum Gasteiger partial charge on any atom is 1.00 e. The number of nitriles is 1. The number of aliphatic hydroxyl groups is 1. The van der Waals surface area contributed by atoms with Crippen molar-refractivity contribution in [2.24, 2.45) is 0 Å². The van der Waals surface area contributed by atoms with E-state index in [0.29, 0.717) is 43.6 Å². The zero-order valence-corrected chi connectivity index (χ0v) is 86.4. The van der Waals surface area contributed by atoms with Gasteiger partial charge in [0.25, 0.3) is 6.47 Å². The molecule has 5 saturated heterocycles. The number of halogens is 9. The van der Waals surface area contributed by atoms with Gasteiger partial charge in [0, 0.05) is 48.8 Å². The van der Waals surface area contributed by atoms with Crippen molar-refractivity contribution in [2.45, 2.75) is 188 Å². The van der Waals surface area contributed by atoms with Crippen molar-refractivity contribution in [2.75, 3.05) is 13.2 Å². The minimum Gasteiger partial charge on any atom is -1.00 e. The van der Waals surface area contributed by atoms with Crippen LogP contribution in [0, 0.1) is 34.6 Å². The Hall–Kier alpha value is -2.41. The fourth-order valence-electron chi connectivity index (χ4n) is 11.2. The van der Waals surface area contributed by atoms with Gasteiger partial charge in [-0.15, -0.1) is 11.3 Å². The van der Waals surface area contributed by atoms with Crippen molar-refractivity contribution >= 4 is 196 Å². The Labute approximate surface area is 839 Å².